The van der Waals surface area contributed by atoms with Crippen molar-refractivity contribution in [3.05, 3.63) is 6.92 Å². The van der Waals surface area contributed by atoms with Crippen molar-refractivity contribution < 1.29 is 9.47 Å². The molecular weight excluding hydrogens is 140 g/mol. The average molecular weight is 157 g/mol. The van der Waals surface area contributed by atoms with Gasteiger partial charge in [0.2, 0.25) is 0 Å². The molecule has 1 atom stereocenters. The Morgan fingerprint density at radius 3 is 3.00 bits per heavy atom. The highest BCUT2D eigenvalue weighted by Gasteiger charge is 2.12. The third-order valence-electron chi connectivity index (χ3n) is 2.00. The van der Waals surface area contributed by atoms with Gasteiger partial charge in [-0.2, -0.15) is 0 Å². The zero-order chi connectivity index (χ0) is 7.94. The largest absolute Gasteiger partial charge is 0.381 e. The SMILES string of the molecule is [CH2]COCCC1CCCCO1. The zero-order valence-corrected chi connectivity index (χ0v) is 7.05. The summed E-state index contributed by atoms with van der Waals surface area (Å²) in [4.78, 5) is 0. The molecule has 1 aliphatic rings. The molecule has 1 rings (SSSR count). The molecule has 2 nitrogen and oxygen atoms in total. The van der Waals surface area contributed by atoms with Gasteiger partial charge in [0, 0.05) is 19.8 Å². The van der Waals surface area contributed by atoms with E-state index in [9.17, 15) is 0 Å². The molecule has 0 aromatic carbocycles. The van der Waals surface area contributed by atoms with Crippen LogP contribution in [0, 0.1) is 6.92 Å². The molecule has 11 heavy (non-hydrogen) atoms. The summed E-state index contributed by atoms with van der Waals surface area (Å²) in [5.74, 6) is 0. The maximum absolute atomic E-state index is 5.52. The fraction of sp³-hybridized carbons (Fsp3) is 0.889. The van der Waals surface area contributed by atoms with Crippen molar-refractivity contribution in [2.45, 2.75) is 31.8 Å². The molecule has 1 unspecified atom stereocenters. The molecule has 1 radical (unpaired) electrons. The first-order chi connectivity index (χ1) is 5.43. The minimum Gasteiger partial charge on any atom is -0.381 e. The first kappa shape index (κ1) is 9.01. The van der Waals surface area contributed by atoms with Crippen molar-refractivity contribution in [1.29, 1.82) is 0 Å². The van der Waals surface area contributed by atoms with Gasteiger partial charge < -0.3 is 9.47 Å². The van der Waals surface area contributed by atoms with Crippen LogP contribution in [0.5, 0.6) is 0 Å². The van der Waals surface area contributed by atoms with E-state index in [0.29, 0.717) is 12.7 Å². The van der Waals surface area contributed by atoms with Gasteiger partial charge in [-0.1, -0.05) is 0 Å². The summed E-state index contributed by atoms with van der Waals surface area (Å²) in [7, 11) is 0. The van der Waals surface area contributed by atoms with E-state index in [2.05, 4.69) is 6.92 Å². The molecule has 1 heterocycles. The molecule has 0 N–H and O–H groups in total. The van der Waals surface area contributed by atoms with E-state index in [4.69, 9.17) is 9.47 Å². The summed E-state index contributed by atoms with van der Waals surface area (Å²) in [6.07, 6.45) is 5.24. The summed E-state index contributed by atoms with van der Waals surface area (Å²) in [6.45, 7) is 5.92. The van der Waals surface area contributed by atoms with Gasteiger partial charge in [0.05, 0.1) is 6.10 Å². The Balaban J connectivity index is 1.96. The van der Waals surface area contributed by atoms with Crippen LogP contribution in [0.3, 0.4) is 0 Å². The third-order valence-corrected chi connectivity index (χ3v) is 2.00. The Morgan fingerprint density at radius 1 is 1.45 bits per heavy atom. The van der Waals surface area contributed by atoms with Gasteiger partial charge in [-0.3, -0.25) is 0 Å². The summed E-state index contributed by atoms with van der Waals surface area (Å²) in [6, 6.07) is 0. The molecule has 0 aromatic heterocycles. The van der Waals surface area contributed by atoms with Gasteiger partial charge in [0.15, 0.2) is 0 Å². The predicted octanol–water partition coefficient (Wildman–Crippen LogP) is 1.80. The van der Waals surface area contributed by atoms with Crippen LogP contribution < -0.4 is 0 Å². The smallest absolute Gasteiger partial charge is 0.0597 e. The highest BCUT2D eigenvalue weighted by molar-refractivity contribution is 4.62. The maximum atomic E-state index is 5.52. The summed E-state index contributed by atoms with van der Waals surface area (Å²) >= 11 is 0. The van der Waals surface area contributed by atoms with Gasteiger partial charge in [-0.15, -0.1) is 0 Å². The second-order valence-electron chi connectivity index (χ2n) is 2.89. The molecule has 1 aliphatic heterocycles. The monoisotopic (exact) mass is 157 g/mol. The first-order valence-corrected chi connectivity index (χ1v) is 4.42. The lowest BCUT2D eigenvalue weighted by atomic mass is 10.1. The van der Waals surface area contributed by atoms with Crippen LogP contribution in [-0.2, 0) is 9.47 Å². The van der Waals surface area contributed by atoms with Gasteiger partial charge in [-0.25, -0.2) is 0 Å². The molecule has 0 aromatic rings. The summed E-state index contributed by atoms with van der Waals surface area (Å²) < 4.78 is 10.7. The molecule has 65 valence electrons. The van der Waals surface area contributed by atoms with Crippen LogP contribution in [0.1, 0.15) is 25.7 Å². The molecule has 1 saturated heterocycles. The number of hydrogen-bond donors (Lipinski definition) is 0. The van der Waals surface area contributed by atoms with Gasteiger partial charge >= 0.3 is 0 Å². The lowest BCUT2D eigenvalue weighted by molar-refractivity contribution is -0.00509. The molecule has 0 spiro atoms. The van der Waals surface area contributed by atoms with Crippen LogP contribution in [0.2, 0.25) is 0 Å². The highest BCUT2D eigenvalue weighted by Crippen LogP contribution is 2.15. The topological polar surface area (TPSA) is 18.5 Å². The van der Waals surface area contributed by atoms with Gasteiger partial charge in [0.1, 0.15) is 0 Å². The van der Waals surface area contributed by atoms with Crippen LogP contribution >= 0.6 is 0 Å². The summed E-state index contributed by atoms with van der Waals surface area (Å²) in [5.41, 5.74) is 0. The van der Waals surface area contributed by atoms with Crippen molar-refractivity contribution in [3.8, 4) is 0 Å². The van der Waals surface area contributed by atoms with Crippen molar-refractivity contribution >= 4 is 0 Å². The molecule has 0 bridgehead atoms. The maximum Gasteiger partial charge on any atom is 0.0597 e. The first-order valence-electron chi connectivity index (χ1n) is 4.42. The van der Waals surface area contributed by atoms with E-state index in [1.807, 2.05) is 0 Å². The van der Waals surface area contributed by atoms with Gasteiger partial charge in [0.25, 0.3) is 0 Å². The number of hydrogen-bond acceptors (Lipinski definition) is 2. The Morgan fingerprint density at radius 2 is 2.36 bits per heavy atom. The minimum absolute atomic E-state index is 0.454. The van der Waals surface area contributed by atoms with E-state index in [1.165, 1.54) is 19.3 Å². The molecule has 2 heteroatoms. The van der Waals surface area contributed by atoms with Gasteiger partial charge in [-0.05, 0) is 32.6 Å². The predicted molar refractivity (Wildman–Crippen MR) is 44.4 cm³/mol. The van der Waals surface area contributed by atoms with Crippen molar-refractivity contribution in [2.75, 3.05) is 19.8 Å². The van der Waals surface area contributed by atoms with Crippen LogP contribution in [0.25, 0.3) is 0 Å². The molecule has 0 saturated carbocycles. The Kier molecular flexibility index (Phi) is 4.55. The average Bonchev–Trinajstić information content (AvgIpc) is 2.07. The van der Waals surface area contributed by atoms with E-state index >= 15 is 0 Å². The van der Waals surface area contributed by atoms with E-state index in [0.717, 1.165) is 19.6 Å². The Labute approximate surface area is 68.9 Å². The number of ether oxygens (including phenoxy) is 2. The summed E-state index contributed by atoms with van der Waals surface area (Å²) in [5, 5.41) is 0. The second kappa shape index (κ2) is 5.56. The molecule has 0 amide bonds. The minimum atomic E-state index is 0.454. The zero-order valence-electron chi connectivity index (χ0n) is 7.05. The van der Waals surface area contributed by atoms with E-state index in [-0.39, 0.29) is 0 Å². The second-order valence-corrected chi connectivity index (χ2v) is 2.89. The van der Waals surface area contributed by atoms with Crippen molar-refractivity contribution in [2.24, 2.45) is 0 Å². The van der Waals surface area contributed by atoms with Crippen LogP contribution in [0.4, 0.5) is 0 Å². The van der Waals surface area contributed by atoms with E-state index in [1.54, 1.807) is 0 Å². The van der Waals surface area contributed by atoms with Crippen molar-refractivity contribution in [3.63, 3.8) is 0 Å². The third kappa shape index (κ3) is 3.73. The Hall–Kier alpha value is -0.0800. The molecule has 1 fully saturated rings. The number of rotatable bonds is 4. The van der Waals surface area contributed by atoms with Crippen LogP contribution in [-0.4, -0.2) is 25.9 Å². The quantitative estimate of drug-likeness (QED) is 0.579. The normalized spacial score (nSPS) is 25.4. The Bertz CT molecular complexity index is 87.6. The van der Waals surface area contributed by atoms with Crippen LogP contribution in [0.15, 0.2) is 0 Å². The van der Waals surface area contributed by atoms with Crippen molar-refractivity contribution in [1.82, 2.24) is 0 Å². The van der Waals surface area contributed by atoms with E-state index < -0.39 is 0 Å². The fourth-order valence-corrected chi connectivity index (χ4v) is 1.35. The fourth-order valence-electron chi connectivity index (χ4n) is 1.35. The lowest BCUT2D eigenvalue weighted by Crippen LogP contribution is -2.20. The standard InChI is InChI=1S/C9H17O2/c1-2-10-8-6-9-5-3-4-7-11-9/h9H,1-8H2. The molecular formula is C9H17O2. The molecule has 0 aliphatic carbocycles. The highest BCUT2D eigenvalue weighted by atomic mass is 16.5. The lowest BCUT2D eigenvalue weighted by Gasteiger charge is -2.22.